The van der Waals surface area contributed by atoms with Gasteiger partial charge in [0, 0.05) is 25.7 Å². The van der Waals surface area contributed by atoms with E-state index in [1.54, 1.807) is 0 Å². The average Bonchev–Trinajstić information content (AvgIpc) is 2.77. The lowest BCUT2D eigenvalue weighted by atomic mass is 9.89. The van der Waals surface area contributed by atoms with Gasteiger partial charge in [0.05, 0.1) is 0 Å². The molecule has 4 rings (SSSR count). The molecule has 0 bridgehead atoms. The lowest BCUT2D eigenvalue weighted by Gasteiger charge is -2.16. The molecule has 0 unspecified atom stereocenters. The summed E-state index contributed by atoms with van der Waals surface area (Å²) < 4.78 is 1.31. The third-order valence-corrected chi connectivity index (χ3v) is 4.47. The highest BCUT2D eigenvalue weighted by molar-refractivity contribution is 14.1. The molecule has 2 aromatic carbocycles. The minimum atomic E-state index is 1.15. The number of nitrogens with one attached hydrogen (secondary N) is 1. The first-order chi connectivity index (χ1) is 8.83. The van der Waals surface area contributed by atoms with Crippen LogP contribution in [0.25, 0.3) is 22.2 Å². The zero-order valence-electron chi connectivity index (χ0n) is 9.83. The van der Waals surface area contributed by atoms with Gasteiger partial charge < -0.3 is 4.98 Å². The molecule has 0 fully saturated rings. The fourth-order valence-corrected chi connectivity index (χ4v) is 3.44. The first kappa shape index (κ1) is 10.6. The van der Waals surface area contributed by atoms with E-state index in [0.717, 1.165) is 12.8 Å². The Morgan fingerprint density at radius 2 is 1.89 bits per heavy atom. The maximum absolute atomic E-state index is 3.60. The van der Waals surface area contributed by atoms with Gasteiger partial charge in [0.2, 0.25) is 0 Å². The van der Waals surface area contributed by atoms with Crippen LogP contribution >= 0.6 is 22.6 Å². The number of aromatic amines is 1. The summed E-state index contributed by atoms with van der Waals surface area (Å²) in [5.41, 5.74) is 6.92. The molecule has 0 aliphatic heterocycles. The number of aromatic nitrogens is 1. The third kappa shape index (κ3) is 1.45. The summed E-state index contributed by atoms with van der Waals surface area (Å²) in [5, 5.41) is 1.39. The number of halogens is 1. The molecule has 0 saturated carbocycles. The molecule has 18 heavy (non-hydrogen) atoms. The summed E-state index contributed by atoms with van der Waals surface area (Å²) in [4.78, 5) is 3.60. The van der Waals surface area contributed by atoms with Crippen molar-refractivity contribution in [2.45, 2.75) is 12.8 Å². The van der Waals surface area contributed by atoms with Gasteiger partial charge in [0.15, 0.2) is 0 Å². The van der Waals surface area contributed by atoms with Crippen LogP contribution in [0.2, 0.25) is 0 Å². The molecule has 1 heterocycles. The predicted octanol–water partition coefficient (Wildman–Crippen LogP) is 4.54. The first-order valence-corrected chi connectivity index (χ1v) is 7.29. The second kappa shape index (κ2) is 3.85. The molecule has 1 aromatic heterocycles. The quantitative estimate of drug-likeness (QED) is 0.576. The van der Waals surface area contributed by atoms with Crippen molar-refractivity contribution >= 4 is 33.5 Å². The van der Waals surface area contributed by atoms with Crippen molar-refractivity contribution in [3.63, 3.8) is 0 Å². The van der Waals surface area contributed by atoms with Crippen molar-refractivity contribution in [3.8, 4) is 11.3 Å². The van der Waals surface area contributed by atoms with Gasteiger partial charge in [0.25, 0.3) is 0 Å². The summed E-state index contributed by atoms with van der Waals surface area (Å²) >= 11 is 2.39. The molecule has 88 valence electrons. The van der Waals surface area contributed by atoms with E-state index in [1.807, 2.05) is 0 Å². The number of rotatable bonds is 0. The molecule has 1 aliphatic carbocycles. The minimum Gasteiger partial charge on any atom is -0.354 e. The highest BCUT2D eigenvalue weighted by atomic mass is 127. The van der Waals surface area contributed by atoms with Crippen molar-refractivity contribution < 1.29 is 0 Å². The highest BCUT2D eigenvalue weighted by Crippen LogP contribution is 2.37. The number of hydrogen-bond acceptors (Lipinski definition) is 0. The van der Waals surface area contributed by atoms with Crippen molar-refractivity contribution in [1.29, 1.82) is 0 Å². The minimum absolute atomic E-state index is 1.15. The molecule has 1 N–H and O–H groups in total. The molecule has 3 aromatic rings. The number of aryl methyl sites for hydroxylation is 2. The monoisotopic (exact) mass is 345 g/mol. The van der Waals surface area contributed by atoms with Gasteiger partial charge in [-0.2, -0.15) is 0 Å². The zero-order valence-corrected chi connectivity index (χ0v) is 12.0. The van der Waals surface area contributed by atoms with Gasteiger partial charge in [0.1, 0.15) is 0 Å². The lowest BCUT2D eigenvalue weighted by molar-refractivity contribution is 0.948. The second-order valence-electron chi connectivity index (χ2n) is 4.83. The summed E-state index contributed by atoms with van der Waals surface area (Å²) in [6.07, 6.45) is 2.30. The summed E-state index contributed by atoms with van der Waals surface area (Å²) in [6.45, 7) is 0. The van der Waals surface area contributed by atoms with E-state index in [0.29, 0.717) is 0 Å². The average molecular weight is 345 g/mol. The van der Waals surface area contributed by atoms with E-state index < -0.39 is 0 Å². The lowest BCUT2D eigenvalue weighted by Crippen LogP contribution is -2.02. The maximum atomic E-state index is 3.60. The van der Waals surface area contributed by atoms with Crippen LogP contribution in [0.3, 0.4) is 0 Å². The summed E-state index contributed by atoms with van der Waals surface area (Å²) in [5.74, 6) is 0. The Labute approximate surface area is 119 Å². The number of benzene rings is 2. The number of fused-ring (bicyclic) bond motifs is 5. The molecule has 2 heteroatoms. The highest BCUT2D eigenvalue weighted by Gasteiger charge is 2.19. The fraction of sp³-hybridized carbons (Fsp3) is 0.125. The van der Waals surface area contributed by atoms with Gasteiger partial charge >= 0.3 is 0 Å². The summed E-state index contributed by atoms with van der Waals surface area (Å²) in [7, 11) is 0. The molecule has 1 nitrogen and oxygen atoms in total. The van der Waals surface area contributed by atoms with Crippen LogP contribution in [0.1, 0.15) is 11.1 Å². The van der Waals surface area contributed by atoms with Crippen molar-refractivity contribution in [3.05, 3.63) is 57.2 Å². The van der Waals surface area contributed by atoms with E-state index in [9.17, 15) is 0 Å². The van der Waals surface area contributed by atoms with E-state index in [4.69, 9.17) is 0 Å². The Morgan fingerprint density at radius 1 is 1.00 bits per heavy atom. The smallest absolute Gasteiger partial charge is 0.0500 e. The van der Waals surface area contributed by atoms with Gasteiger partial charge in [-0.25, -0.2) is 0 Å². The molecular formula is C16H12IN. The molecule has 1 aliphatic rings. The van der Waals surface area contributed by atoms with Crippen LogP contribution in [0.4, 0.5) is 0 Å². The normalized spacial score (nSPS) is 13.4. The number of hydrogen-bond donors (Lipinski definition) is 1. The molecule has 0 saturated heterocycles. The largest absolute Gasteiger partial charge is 0.354 e. The van der Waals surface area contributed by atoms with Crippen LogP contribution in [0.15, 0.2) is 42.5 Å². The van der Waals surface area contributed by atoms with Crippen molar-refractivity contribution in [1.82, 2.24) is 4.98 Å². The van der Waals surface area contributed by atoms with E-state index >= 15 is 0 Å². The van der Waals surface area contributed by atoms with Gasteiger partial charge in [-0.3, -0.25) is 0 Å². The van der Waals surface area contributed by atoms with Gasteiger partial charge in [-0.15, -0.1) is 0 Å². The van der Waals surface area contributed by atoms with Crippen LogP contribution < -0.4 is 0 Å². The SMILES string of the molecule is Ic1ccc2[nH]c3c(c2c1)CCc1ccccc1-3. The van der Waals surface area contributed by atoms with Gasteiger partial charge in [-0.1, -0.05) is 24.3 Å². The molecule has 0 spiro atoms. The molecule has 0 atom stereocenters. The van der Waals surface area contributed by atoms with Crippen LogP contribution in [0, 0.1) is 3.57 Å². The Balaban J connectivity index is 2.08. The van der Waals surface area contributed by atoms with E-state index in [1.165, 1.54) is 36.9 Å². The maximum Gasteiger partial charge on any atom is 0.0500 e. The molecule has 0 amide bonds. The number of H-pyrrole nitrogens is 1. The Morgan fingerprint density at radius 3 is 2.83 bits per heavy atom. The summed E-state index contributed by atoms with van der Waals surface area (Å²) in [6, 6.07) is 15.4. The fourth-order valence-electron chi connectivity index (χ4n) is 2.95. The van der Waals surface area contributed by atoms with Crippen LogP contribution in [-0.4, -0.2) is 4.98 Å². The third-order valence-electron chi connectivity index (χ3n) is 3.80. The zero-order chi connectivity index (χ0) is 12.1. The van der Waals surface area contributed by atoms with Crippen LogP contribution in [0.5, 0.6) is 0 Å². The predicted molar refractivity (Wildman–Crippen MR) is 83.9 cm³/mol. The standard InChI is InChI=1S/C16H12IN/c17-11-6-8-15-14(9-11)13-7-5-10-3-1-2-4-12(10)16(13)18-15/h1-4,6,8-9,18H,5,7H2. The molecular weight excluding hydrogens is 333 g/mol. The van der Waals surface area contributed by atoms with Crippen molar-refractivity contribution in [2.75, 3.05) is 0 Å². The topological polar surface area (TPSA) is 15.8 Å². The first-order valence-electron chi connectivity index (χ1n) is 6.21. The van der Waals surface area contributed by atoms with Crippen LogP contribution in [-0.2, 0) is 12.8 Å². The van der Waals surface area contributed by atoms with E-state index in [-0.39, 0.29) is 0 Å². The Hall–Kier alpha value is -1.29. The molecule has 0 radical (unpaired) electrons. The van der Waals surface area contributed by atoms with E-state index in [2.05, 4.69) is 70.0 Å². The van der Waals surface area contributed by atoms with Gasteiger partial charge in [-0.05, 0) is 64.8 Å². The van der Waals surface area contributed by atoms with Crippen molar-refractivity contribution in [2.24, 2.45) is 0 Å². The Bertz CT molecular complexity index is 755. The Kier molecular flexibility index (Phi) is 2.27. The second-order valence-corrected chi connectivity index (χ2v) is 6.07.